The van der Waals surface area contributed by atoms with Gasteiger partial charge in [-0.15, -0.1) is 6.58 Å². The maximum Gasteiger partial charge on any atom is 0.0402 e. The molecule has 0 bridgehead atoms. The van der Waals surface area contributed by atoms with Gasteiger partial charge in [-0.3, -0.25) is 0 Å². The predicted octanol–water partition coefficient (Wildman–Crippen LogP) is 4.35. The lowest BCUT2D eigenvalue weighted by Crippen LogP contribution is -1.84. The molecule has 1 aromatic rings. The molecule has 1 rings (SSSR count). The molecule has 0 fully saturated rings. The van der Waals surface area contributed by atoms with Gasteiger partial charge in [-0.2, -0.15) is 0 Å². The normalized spacial score (nSPS) is 9.19. The monoisotopic (exact) mass is 284 g/mol. The molecule has 1 aromatic carbocycles. The van der Waals surface area contributed by atoms with Gasteiger partial charge in [0.2, 0.25) is 0 Å². The molecule has 2 heteroatoms. The van der Waals surface area contributed by atoms with Gasteiger partial charge in [-0.05, 0) is 50.3 Å². The standard InChI is InChI=1S/C12H15Br.C2H6O/c1-2-3-4-5-7-11-8-6-9-12(13)10-11;1-2-3/h2,6,8-10H,1,3-5,7H2;3H,2H2,1H3. The third-order valence-corrected chi connectivity index (χ3v) is 2.51. The number of allylic oxidation sites excluding steroid dienone is 1. The van der Waals surface area contributed by atoms with Gasteiger partial charge in [-0.1, -0.05) is 34.1 Å². The van der Waals surface area contributed by atoms with Crippen molar-refractivity contribution in [3.8, 4) is 0 Å². The summed E-state index contributed by atoms with van der Waals surface area (Å²) in [4.78, 5) is 0. The molecule has 0 spiro atoms. The third kappa shape index (κ3) is 8.69. The maximum absolute atomic E-state index is 7.57. The fraction of sp³-hybridized carbons (Fsp3) is 0.429. The van der Waals surface area contributed by atoms with E-state index >= 15 is 0 Å². The van der Waals surface area contributed by atoms with Crippen molar-refractivity contribution in [1.29, 1.82) is 0 Å². The predicted molar refractivity (Wildman–Crippen MR) is 74.7 cm³/mol. The fourth-order valence-corrected chi connectivity index (χ4v) is 1.76. The molecule has 0 aliphatic carbocycles. The van der Waals surface area contributed by atoms with Crippen LogP contribution in [0.2, 0.25) is 0 Å². The number of benzene rings is 1. The first-order valence-electron chi connectivity index (χ1n) is 5.70. The Labute approximate surface area is 107 Å². The highest BCUT2D eigenvalue weighted by molar-refractivity contribution is 9.10. The quantitative estimate of drug-likeness (QED) is 0.630. The Balaban J connectivity index is 0.000000673. The molecule has 0 saturated carbocycles. The molecule has 0 saturated heterocycles. The number of hydrogen-bond acceptors (Lipinski definition) is 1. The Bertz CT molecular complexity index is 284. The van der Waals surface area contributed by atoms with E-state index in [-0.39, 0.29) is 6.61 Å². The number of aryl methyl sites for hydroxylation is 1. The summed E-state index contributed by atoms with van der Waals surface area (Å²) >= 11 is 3.47. The second-order valence-corrected chi connectivity index (χ2v) is 4.40. The zero-order valence-corrected chi connectivity index (χ0v) is 11.5. The van der Waals surface area contributed by atoms with Crippen molar-refractivity contribution in [2.24, 2.45) is 0 Å². The van der Waals surface area contributed by atoms with Crippen molar-refractivity contribution in [2.45, 2.75) is 32.6 Å². The summed E-state index contributed by atoms with van der Waals surface area (Å²) < 4.78 is 1.17. The topological polar surface area (TPSA) is 20.2 Å². The number of hydrogen-bond donors (Lipinski definition) is 1. The zero-order valence-electron chi connectivity index (χ0n) is 9.95. The lowest BCUT2D eigenvalue weighted by molar-refractivity contribution is 0.318. The summed E-state index contributed by atoms with van der Waals surface area (Å²) in [5.74, 6) is 0. The molecule has 0 aromatic heterocycles. The molecule has 0 heterocycles. The van der Waals surface area contributed by atoms with Gasteiger partial charge in [0.1, 0.15) is 0 Å². The van der Waals surface area contributed by atoms with Crippen LogP contribution in [0.5, 0.6) is 0 Å². The molecule has 1 N–H and O–H groups in total. The minimum atomic E-state index is 0.250. The van der Waals surface area contributed by atoms with Crippen LogP contribution >= 0.6 is 15.9 Å². The Morgan fingerprint density at radius 1 is 1.38 bits per heavy atom. The molecule has 0 unspecified atom stereocenters. The SMILES string of the molecule is C=CCCCCc1cccc(Br)c1.CCO. The summed E-state index contributed by atoms with van der Waals surface area (Å²) in [6.07, 6.45) is 6.79. The Morgan fingerprint density at radius 2 is 2.06 bits per heavy atom. The van der Waals surface area contributed by atoms with E-state index in [0.717, 1.165) is 6.42 Å². The van der Waals surface area contributed by atoms with E-state index in [1.54, 1.807) is 6.92 Å². The zero-order chi connectivity index (χ0) is 12.2. The highest BCUT2D eigenvalue weighted by Crippen LogP contribution is 2.13. The molecule has 0 aliphatic rings. The van der Waals surface area contributed by atoms with Gasteiger partial charge >= 0.3 is 0 Å². The number of aliphatic hydroxyl groups excluding tert-OH is 1. The van der Waals surface area contributed by atoms with Crippen LogP contribution in [0.4, 0.5) is 0 Å². The van der Waals surface area contributed by atoms with Gasteiger partial charge in [0, 0.05) is 11.1 Å². The molecule has 0 atom stereocenters. The molecule has 0 amide bonds. The van der Waals surface area contributed by atoms with E-state index < -0.39 is 0 Å². The van der Waals surface area contributed by atoms with Gasteiger partial charge in [-0.25, -0.2) is 0 Å². The molecular formula is C14H21BrO. The van der Waals surface area contributed by atoms with Crippen molar-refractivity contribution in [3.05, 3.63) is 47.0 Å². The number of aliphatic hydroxyl groups is 1. The van der Waals surface area contributed by atoms with Crippen LogP contribution < -0.4 is 0 Å². The van der Waals surface area contributed by atoms with Gasteiger partial charge in [0.15, 0.2) is 0 Å². The van der Waals surface area contributed by atoms with Crippen LogP contribution in [0.3, 0.4) is 0 Å². The van der Waals surface area contributed by atoms with Crippen molar-refractivity contribution in [2.75, 3.05) is 6.61 Å². The molecule has 90 valence electrons. The first-order valence-corrected chi connectivity index (χ1v) is 6.50. The van der Waals surface area contributed by atoms with Gasteiger partial charge in [0.25, 0.3) is 0 Å². The maximum atomic E-state index is 7.57. The lowest BCUT2D eigenvalue weighted by Gasteiger charge is -2.00. The molecule has 0 aliphatic heterocycles. The highest BCUT2D eigenvalue weighted by Gasteiger charge is 1.93. The first kappa shape index (κ1) is 15.4. The minimum absolute atomic E-state index is 0.250. The first-order chi connectivity index (χ1) is 7.74. The van der Waals surface area contributed by atoms with Crippen LogP contribution in [0, 0.1) is 0 Å². The summed E-state index contributed by atoms with van der Waals surface area (Å²) in [6, 6.07) is 8.52. The average molecular weight is 285 g/mol. The Kier molecular flexibility index (Phi) is 10.5. The number of unbranched alkanes of at least 4 members (excludes halogenated alkanes) is 2. The average Bonchev–Trinajstić information content (AvgIpc) is 2.26. The number of halogens is 1. The van der Waals surface area contributed by atoms with Crippen LogP contribution in [0.25, 0.3) is 0 Å². The summed E-state index contributed by atoms with van der Waals surface area (Å²) in [5.41, 5.74) is 1.42. The lowest BCUT2D eigenvalue weighted by atomic mass is 10.1. The largest absolute Gasteiger partial charge is 0.397 e. The van der Waals surface area contributed by atoms with E-state index in [9.17, 15) is 0 Å². The molecule has 1 nitrogen and oxygen atoms in total. The van der Waals surface area contributed by atoms with Crippen molar-refractivity contribution in [1.82, 2.24) is 0 Å². The molecule has 16 heavy (non-hydrogen) atoms. The fourth-order valence-electron chi connectivity index (χ4n) is 1.31. The summed E-state index contributed by atoms with van der Waals surface area (Å²) in [7, 11) is 0. The van der Waals surface area contributed by atoms with Crippen molar-refractivity contribution < 1.29 is 5.11 Å². The van der Waals surface area contributed by atoms with Crippen LogP contribution in [0.15, 0.2) is 41.4 Å². The second-order valence-electron chi connectivity index (χ2n) is 3.48. The van der Waals surface area contributed by atoms with E-state index in [2.05, 4.69) is 46.8 Å². The van der Waals surface area contributed by atoms with Crippen LogP contribution in [-0.4, -0.2) is 11.7 Å². The van der Waals surface area contributed by atoms with Crippen molar-refractivity contribution >= 4 is 15.9 Å². The van der Waals surface area contributed by atoms with E-state index in [1.165, 1.54) is 29.3 Å². The third-order valence-electron chi connectivity index (χ3n) is 2.01. The second kappa shape index (κ2) is 10.9. The smallest absolute Gasteiger partial charge is 0.0402 e. The van der Waals surface area contributed by atoms with E-state index in [1.807, 2.05) is 6.08 Å². The van der Waals surface area contributed by atoms with E-state index in [0.29, 0.717) is 0 Å². The van der Waals surface area contributed by atoms with Crippen molar-refractivity contribution in [3.63, 3.8) is 0 Å². The highest BCUT2D eigenvalue weighted by atomic mass is 79.9. The van der Waals surface area contributed by atoms with Crippen LogP contribution in [-0.2, 0) is 6.42 Å². The van der Waals surface area contributed by atoms with Gasteiger partial charge in [0.05, 0.1) is 0 Å². The Morgan fingerprint density at radius 3 is 2.62 bits per heavy atom. The summed E-state index contributed by atoms with van der Waals surface area (Å²) in [5, 5.41) is 7.57. The summed E-state index contributed by atoms with van der Waals surface area (Å²) in [6.45, 7) is 5.64. The van der Waals surface area contributed by atoms with Gasteiger partial charge < -0.3 is 5.11 Å². The molecular weight excluding hydrogens is 264 g/mol. The molecule has 0 radical (unpaired) electrons. The minimum Gasteiger partial charge on any atom is -0.397 e. The van der Waals surface area contributed by atoms with Crippen LogP contribution in [0.1, 0.15) is 31.7 Å². The number of rotatable bonds is 5. The Hall–Kier alpha value is -0.600. The van der Waals surface area contributed by atoms with E-state index in [4.69, 9.17) is 5.11 Å².